The van der Waals surface area contributed by atoms with Crippen LogP contribution in [0.1, 0.15) is 20.3 Å². The van der Waals surface area contributed by atoms with E-state index in [0.717, 1.165) is 45.2 Å². The van der Waals surface area contributed by atoms with Gasteiger partial charge in [0.15, 0.2) is 5.96 Å². The van der Waals surface area contributed by atoms with Crippen molar-refractivity contribution in [2.45, 2.75) is 20.3 Å². The molecule has 2 atom stereocenters. The molecule has 2 unspecified atom stereocenters. The molecular weight excluding hydrogens is 406 g/mol. The molecule has 2 aliphatic heterocycles. The Balaban J connectivity index is 1.66. The van der Waals surface area contributed by atoms with Crippen LogP contribution < -0.4 is 5.32 Å². The van der Waals surface area contributed by atoms with Gasteiger partial charge in [-0.1, -0.05) is 13.8 Å². The van der Waals surface area contributed by atoms with E-state index in [2.05, 4.69) is 34.0 Å². The minimum absolute atomic E-state index is 0.0393. The summed E-state index contributed by atoms with van der Waals surface area (Å²) in [4.78, 5) is 23.5. The molecule has 2 saturated heterocycles. The lowest BCUT2D eigenvalue weighted by molar-refractivity contribution is -0.135. The number of sulfone groups is 1. The lowest BCUT2D eigenvalue weighted by atomic mass is 9.92. The first kappa shape index (κ1) is 24.9. The van der Waals surface area contributed by atoms with Crippen molar-refractivity contribution in [2.24, 2.45) is 16.8 Å². The highest BCUT2D eigenvalue weighted by Crippen LogP contribution is 2.21. The van der Waals surface area contributed by atoms with Crippen molar-refractivity contribution in [2.75, 3.05) is 84.6 Å². The molecule has 0 aromatic rings. The quantitative estimate of drug-likeness (QED) is 0.313. The third kappa shape index (κ3) is 8.77. The van der Waals surface area contributed by atoms with Gasteiger partial charge in [-0.15, -0.1) is 0 Å². The summed E-state index contributed by atoms with van der Waals surface area (Å²) in [6, 6.07) is 0. The molecule has 0 bridgehead atoms. The van der Waals surface area contributed by atoms with Crippen LogP contribution in [0.25, 0.3) is 0 Å². The number of carbonyl (C=O) groups excluding carboxylic acids is 1. The summed E-state index contributed by atoms with van der Waals surface area (Å²) in [6.07, 6.45) is 2.41. The van der Waals surface area contributed by atoms with Gasteiger partial charge in [-0.2, -0.15) is 0 Å². The van der Waals surface area contributed by atoms with Crippen LogP contribution in [0.2, 0.25) is 0 Å². The Hall–Kier alpha value is -1.39. The number of hydrogen-bond donors (Lipinski definition) is 1. The van der Waals surface area contributed by atoms with E-state index >= 15 is 0 Å². The van der Waals surface area contributed by atoms with E-state index in [-0.39, 0.29) is 18.3 Å². The zero-order chi connectivity index (χ0) is 22.1. The molecule has 174 valence electrons. The number of amides is 1. The van der Waals surface area contributed by atoms with E-state index < -0.39 is 9.84 Å². The number of nitrogens with one attached hydrogen (secondary N) is 1. The SMILES string of the molecule is CN=C(NCCOCCS(C)(=O)=O)N1CCN(CC(=O)N2CC(C)CC(C)C2)CC1. The number of piperidine rings is 1. The van der Waals surface area contributed by atoms with Gasteiger partial charge >= 0.3 is 0 Å². The Morgan fingerprint density at radius 3 is 2.27 bits per heavy atom. The van der Waals surface area contributed by atoms with E-state index in [1.165, 1.54) is 12.7 Å². The largest absolute Gasteiger partial charge is 0.379 e. The van der Waals surface area contributed by atoms with E-state index in [9.17, 15) is 13.2 Å². The highest BCUT2D eigenvalue weighted by molar-refractivity contribution is 7.90. The molecule has 0 saturated carbocycles. The average molecular weight is 446 g/mol. The molecule has 1 N–H and O–H groups in total. The van der Waals surface area contributed by atoms with Crippen LogP contribution in [0.3, 0.4) is 0 Å². The molecule has 30 heavy (non-hydrogen) atoms. The Labute approximate surface area is 181 Å². The number of nitrogens with zero attached hydrogens (tertiary/aromatic N) is 4. The van der Waals surface area contributed by atoms with Crippen molar-refractivity contribution < 1.29 is 17.9 Å². The van der Waals surface area contributed by atoms with E-state index in [1.807, 2.05) is 4.90 Å². The highest BCUT2D eigenvalue weighted by atomic mass is 32.2. The molecule has 2 heterocycles. The third-order valence-corrected chi connectivity index (χ3v) is 6.50. The van der Waals surface area contributed by atoms with Gasteiger partial charge < -0.3 is 19.9 Å². The van der Waals surface area contributed by atoms with Crippen LogP contribution >= 0.6 is 0 Å². The van der Waals surface area contributed by atoms with Gasteiger partial charge in [0.05, 0.1) is 25.5 Å². The smallest absolute Gasteiger partial charge is 0.236 e. The van der Waals surface area contributed by atoms with Crippen LogP contribution in [-0.4, -0.2) is 120 Å². The van der Waals surface area contributed by atoms with Crippen LogP contribution in [0.15, 0.2) is 4.99 Å². The maximum Gasteiger partial charge on any atom is 0.236 e. The molecule has 0 spiro atoms. The second-order valence-corrected chi connectivity index (χ2v) is 11.0. The molecule has 10 heteroatoms. The van der Waals surface area contributed by atoms with Crippen LogP contribution in [-0.2, 0) is 19.4 Å². The van der Waals surface area contributed by atoms with Gasteiger partial charge in [-0.25, -0.2) is 8.42 Å². The summed E-state index contributed by atoms with van der Waals surface area (Å²) in [5.41, 5.74) is 0. The van der Waals surface area contributed by atoms with Crippen molar-refractivity contribution in [1.29, 1.82) is 0 Å². The number of piperazine rings is 1. The van der Waals surface area contributed by atoms with Crippen LogP contribution in [0, 0.1) is 11.8 Å². The number of rotatable bonds is 8. The summed E-state index contributed by atoms with van der Waals surface area (Å²) in [5, 5.41) is 3.26. The van der Waals surface area contributed by atoms with Crippen LogP contribution in [0.5, 0.6) is 0 Å². The molecule has 0 aromatic carbocycles. The number of likely N-dealkylation sites (tertiary alicyclic amines) is 1. The predicted molar refractivity (Wildman–Crippen MR) is 119 cm³/mol. The molecule has 0 aliphatic carbocycles. The van der Waals surface area contributed by atoms with Gasteiger partial charge in [0, 0.05) is 59.1 Å². The van der Waals surface area contributed by atoms with E-state index in [0.29, 0.717) is 31.5 Å². The predicted octanol–water partition coefficient (Wildman–Crippen LogP) is -0.255. The molecule has 2 rings (SSSR count). The topological polar surface area (TPSA) is 94.5 Å². The normalized spacial score (nSPS) is 24.2. The zero-order valence-electron chi connectivity index (χ0n) is 19.0. The first-order chi connectivity index (χ1) is 14.2. The number of guanidine groups is 1. The number of carbonyl (C=O) groups is 1. The first-order valence-electron chi connectivity index (χ1n) is 10.9. The number of hydrogen-bond acceptors (Lipinski definition) is 6. The van der Waals surface area contributed by atoms with Gasteiger partial charge in [0.2, 0.25) is 5.91 Å². The minimum atomic E-state index is -2.99. The molecule has 0 aromatic heterocycles. The van der Waals surface area contributed by atoms with Crippen molar-refractivity contribution >= 4 is 21.7 Å². The minimum Gasteiger partial charge on any atom is -0.379 e. The maximum absolute atomic E-state index is 12.7. The highest BCUT2D eigenvalue weighted by Gasteiger charge is 2.27. The lowest BCUT2D eigenvalue weighted by Gasteiger charge is -2.39. The fourth-order valence-corrected chi connectivity index (χ4v) is 4.58. The van der Waals surface area contributed by atoms with Gasteiger partial charge in [-0.05, 0) is 18.3 Å². The molecule has 9 nitrogen and oxygen atoms in total. The number of ether oxygens (including phenoxy) is 1. The summed E-state index contributed by atoms with van der Waals surface area (Å²) < 4.78 is 27.5. The standard InChI is InChI=1S/C20H39N5O4S/c1-17-13-18(2)15-25(14-17)19(26)16-23-6-8-24(9-7-23)20(21-3)22-5-10-29-11-12-30(4,27)28/h17-18H,5-16H2,1-4H3,(H,21,22). The first-order valence-corrected chi connectivity index (χ1v) is 12.9. The fraction of sp³-hybridized carbons (Fsp3) is 0.900. The lowest BCUT2D eigenvalue weighted by Crippen LogP contribution is -2.55. The van der Waals surface area contributed by atoms with Gasteiger partial charge in [0.25, 0.3) is 0 Å². The van der Waals surface area contributed by atoms with E-state index in [4.69, 9.17) is 4.74 Å². The summed E-state index contributed by atoms with van der Waals surface area (Å²) in [6.45, 7) is 11.2. The Bertz CT molecular complexity index is 667. The number of aliphatic imine (C=N–C) groups is 1. The molecule has 2 fully saturated rings. The van der Waals surface area contributed by atoms with E-state index in [1.54, 1.807) is 7.05 Å². The maximum atomic E-state index is 12.7. The van der Waals surface area contributed by atoms with Crippen molar-refractivity contribution in [3.8, 4) is 0 Å². The monoisotopic (exact) mass is 445 g/mol. The van der Waals surface area contributed by atoms with Gasteiger partial charge in [-0.3, -0.25) is 14.7 Å². The average Bonchev–Trinajstić information content (AvgIpc) is 2.67. The molecule has 2 aliphatic rings. The summed E-state index contributed by atoms with van der Waals surface area (Å²) in [5.74, 6) is 2.26. The molecule has 0 radical (unpaired) electrons. The van der Waals surface area contributed by atoms with Crippen molar-refractivity contribution in [3.05, 3.63) is 0 Å². The van der Waals surface area contributed by atoms with Crippen molar-refractivity contribution in [1.82, 2.24) is 20.0 Å². The Kier molecular flexibility index (Phi) is 9.83. The fourth-order valence-electron chi connectivity index (χ4n) is 4.16. The third-order valence-electron chi connectivity index (χ3n) is 5.59. The van der Waals surface area contributed by atoms with Crippen molar-refractivity contribution in [3.63, 3.8) is 0 Å². The second-order valence-electron chi connectivity index (χ2n) is 8.72. The van der Waals surface area contributed by atoms with Crippen LogP contribution in [0.4, 0.5) is 0 Å². The van der Waals surface area contributed by atoms with Gasteiger partial charge in [0.1, 0.15) is 9.84 Å². The summed E-state index contributed by atoms with van der Waals surface area (Å²) in [7, 11) is -1.23. The Morgan fingerprint density at radius 1 is 1.07 bits per heavy atom. The summed E-state index contributed by atoms with van der Waals surface area (Å²) >= 11 is 0. The Morgan fingerprint density at radius 2 is 1.70 bits per heavy atom. The second kappa shape index (κ2) is 11.9. The molecule has 1 amide bonds. The zero-order valence-corrected chi connectivity index (χ0v) is 19.8. The molecular formula is C20H39N5O4S.